The van der Waals surface area contributed by atoms with E-state index in [1.807, 2.05) is 0 Å². The van der Waals surface area contributed by atoms with Crippen molar-refractivity contribution in [3.8, 4) is 0 Å². The maximum atomic E-state index is 11.8. The number of ether oxygens (including phenoxy) is 2. The van der Waals surface area contributed by atoms with Gasteiger partial charge in [-0.15, -0.1) is 0 Å². The summed E-state index contributed by atoms with van der Waals surface area (Å²) in [6.07, 6.45) is 4.43. The number of carboxylic acids is 1. The van der Waals surface area contributed by atoms with Crippen molar-refractivity contribution in [3.05, 3.63) is 29.3 Å². The molecular formula is C23H35NO6. The molecule has 4 N–H and O–H groups in total. The van der Waals surface area contributed by atoms with Gasteiger partial charge in [0.1, 0.15) is 0 Å². The number of nitrogen functional groups attached to an aromatic ring is 1. The highest BCUT2D eigenvalue weighted by Gasteiger charge is 2.40. The summed E-state index contributed by atoms with van der Waals surface area (Å²) in [5.74, 6) is -1.46. The Morgan fingerprint density at radius 2 is 2.03 bits per heavy atom. The zero-order chi connectivity index (χ0) is 22.1. The first-order valence-electron chi connectivity index (χ1n) is 11.0. The Kier molecular flexibility index (Phi) is 9.59. The topological polar surface area (TPSA) is 119 Å². The van der Waals surface area contributed by atoms with Crippen LogP contribution in [0.3, 0.4) is 0 Å². The molecule has 0 unspecified atom stereocenters. The Hall–Kier alpha value is -2.12. The molecule has 30 heavy (non-hydrogen) atoms. The lowest BCUT2D eigenvalue weighted by Crippen LogP contribution is -2.26. The van der Waals surface area contributed by atoms with Crippen molar-refractivity contribution in [2.45, 2.75) is 89.4 Å². The van der Waals surface area contributed by atoms with E-state index in [2.05, 4.69) is 6.92 Å². The van der Waals surface area contributed by atoms with E-state index in [1.165, 1.54) is 6.07 Å². The van der Waals surface area contributed by atoms with Gasteiger partial charge in [0.15, 0.2) is 0 Å². The van der Waals surface area contributed by atoms with Crippen LogP contribution in [0.5, 0.6) is 0 Å². The van der Waals surface area contributed by atoms with E-state index in [0.717, 1.165) is 19.3 Å². The number of hydrogen-bond donors (Lipinski definition) is 3. The van der Waals surface area contributed by atoms with Crippen molar-refractivity contribution in [2.75, 3.05) is 12.3 Å². The number of unbranched alkanes of at least 4 members (excludes halogenated alkanes) is 2. The van der Waals surface area contributed by atoms with Crippen molar-refractivity contribution in [1.82, 2.24) is 0 Å². The summed E-state index contributed by atoms with van der Waals surface area (Å²) < 4.78 is 11.2. The standard InChI is InChI=1S/C23H35NO6/c1-3-5-6-8-19(25)21-14-18(17-13-15(24)11-12-16(17)23(27)28)20(30-21)9-7-10-22(26)29-4-2/h11-13,18-21,25H,3-10,14,24H2,1-2H3,(H,27,28)/t18-,19+,20-,21+/m0/s1. The number of nitrogens with two attached hydrogens (primary N) is 1. The third-order valence-electron chi connectivity index (χ3n) is 5.70. The quantitative estimate of drug-likeness (QED) is 0.266. The van der Waals surface area contributed by atoms with Gasteiger partial charge in [-0.1, -0.05) is 26.2 Å². The molecule has 1 fully saturated rings. The van der Waals surface area contributed by atoms with E-state index in [1.54, 1.807) is 19.1 Å². The third kappa shape index (κ3) is 6.71. The number of aliphatic hydroxyl groups excluding tert-OH is 1. The van der Waals surface area contributed by atoms with Crippen LogP contribution < -0.4 is 5.73 Å². The molecule has 0 spiro atoms. The SMILES string of the molecule is CCCCC[C@@H](O)[C@H]1C[C@@H](c2cc(N)ccc2C(=O)O)[C@H](CCCC(=O)OCC)O1. The number of esters is 1. The number of benzene rings is 1. The molecule has 0 aliphatic carbocycles. The van der Waals surface area contributed by atoms with Gasteiger partial charge in [-0.3, -0.25) is 4.79 Å². The fraction of sp³-hybridized carbons (Fsp3) is 0.652. The molecule has 4 atom stereocenters. The molecule has 1 saturated heterocycles. The lowest BCUT2D eigenvalue weighted by atomic mass is 9.84. The van der Waals surface area contributed by atoms with Gasteiger partial charge in [0.2, 0.25) is 0 Å². The van der Waals surface area contributed by atoms with Crippen LogP contribution in [-0.4, -0.2) is 47.1 Å². The Morgan fingerprint density at radius 1 is 1.27 bits per heavy atom. The number of carbonyl (C=O) groups is 2. The molecule has 0 aromatic heterocycles. The lowest BCUT2D eigenvalue weighted by molar-refractivity contribution is -0.143. The molecule has 1 aliphatic heterocycles. The summed E-state index contributed by atoms with van der Waals surface area (Å²) in [5.41, 5.74) is 7.27. The molecule has 0 bridgehead atoms. The predicted octanol–water partition coefficient (Wildman–Crippen LogP) is 3.88. The van der Waals surface area contributed by atoms with E-state index < -0.39 is 12.1 Å². The number of rotatable bonds is 12. The third-order valence-corrected chi connectivity index (χ3v) is 5.70. The summed E-state index contributed by atoms with van der Waals surface area (Å²) in [6, 6.07) is 4.80. The first-order valence-corrected chi connectivity index (χ1v) is 11.0. The summed E-state index contributed by atoms with van der Waals surface area (Å²) in [6.45, 7) is 4.23. The molecule has 168 valence electrons. The van der Waals surface area contributed by atoms with Gasteiger partial charge in [-0.2, -0.15) is 0 Å². The largest absolute Gasteiger partial charge is 0.478 e. The lowest BCUT2D eigenvalue weighted by Gasteiger charge is -2.21. The minimum atomic E-state index is -1.01. The van der Waals surface area contributed by atoms with E-state index in [9.17, 15) is 19.8 Å². The molecule has 0 saturated carbocycles. The summed E-state index contributed by atoms with van der Waals surface area (Å²) in [7, 11) is 0. The van der Waals surface area contributed by atoms with Crippen LogP contribution in [0.15, 0.2) is 18.2 Å². The first-order chi connectivity index (χ1) is 14.4. The molecule has 1 aromatic rings. The zero-order valence-electron chi connectivity index (χ0n) is 18.0. The van der Waals surface area contributed by atoms with Crippen LogP contribution in [0.25, 0.3) is 0 Å². The second-order valence-corrected chi connectivity index (χ2v) is 7.97. The van der Waals surface area contributed by atoms with E-state index in [-0.39, 0.29) is 36.1 Å². The number of aliphatic hydroxyl groups is 1. The molecule has 0 radical (unpaired) electrons. The highest BCUT2D eigenvalue weighted by Crippen LogP contribution is 2.41. The molecule has 1 aliphatic rings. The van der Waals surface area contributed by atoms with Crippen molar-refractivity contribution in [2.24, 2.45) is 0 Å². The first kappa shape index (κ1) is 24.2. The zero-order valence-corrected chi connectivity index (χ0v) is 18.0. The average molecular weight is 422 g/mol. The number of carbonyl (C=O) groups excluding carboxylic acids is 1. The monoisotopic (exact) mass is 421 g/mol. The number of anilines is 1. The summed E-state index contributed by atoms with van der Waals surface area (Å²) in [5, 5.41) is 20.3. The second-order valence-electron chi connectivity index (χ2n) is 7.97. The summed E-state index contributed by atoms with van der Waals surface area (Å²) >= 11 is 0. The number of hydrogen-bond acceptors (Lipinski definition) is 6. The number of aromatic carboxylic acids is 1. The molecule has 0 amide bonds. The molecule has 7 nitrogen and oxygen atoms in total. The molecule has 2 rings (SSSR count). The van der Waals surface area contributed by atoms with Crippen LogP contribution in [0, 0.1) is 0 Å². The van der Waals surface area contributed by atoms with Gasteiger partial charge in [0.05, 0.1) is 30.5 Å². The predicted molar refractivity (Wildman–Crippen MR) is 114 cm³/mol. The van der Waals surface area contributed by atoms with Gasteiger partial charge in [-0.25, -0.2) is 4.79 Å². The minimum Gasteiger partial charge on any atom is -0.478 e. The van der Waals surface area contributed by atoms with Crippen LogP contribution in [-0.2, 0) is 14.3 Å². The fourth-order valence-corrected chi connectivity index (χ4v) is 4.17. The molecular weight excluding hydrogens is 386 g/mol. The van der Waals surface area contributed by atoms with Gasteiger partial charge < -0.3 is 25.4 Å². The summed E-state index contributed by atoms with van der Waals surface area (Å²) in [4.78, 5) is 23.4. The van der Waals surface area contributed by atoms with E-state index in [4.69, 9.17) is 15.2 Å². The average Bonchev–Trinajstić information content (AvgIpc) is 3.12. The maximum absolute atomic E-state index is 11.8. The maximum Gasteiger partial charge on any atom is 0.335 e. The smallest absolute Gasteiger partial charge is 0.335 e. The van der Waals surface area contributed by atoms with Crippen LogP contribution in [0.1, 0.15) is 87.1 Å². The van der Waals surface area contributed by atoms with Crippen LogP contribution in [0.4, 0.5) is 5.69 Å². The van der Waals surface area contributed by atoms with Crippen molar-refractivity contribution >= 4 is 17.6 Å². The number of carboxylic acid groups (broad SMARTS) is 1. The highest BCUT2D eigenvalue weighted by atomic mass is 16.5. The molecule has 7 heteroatoms. The minimum absolute atomic E-state index is 0.201. The van der Waals surface area contributed by atoms with Crippen molar-refractivity contribution in [1.29, 1.82) is 0 Å². The van der Waals surface area contributed by atoms with Gasteiger partial charge >= 0.3 is 11.9 Å². The Bertz CT molecular complexity index is 707. The van der Waals surface area contributed by atoms with Gasteiger partial charge in [0, 0.05) is 18.0 Å². The second kappa shape index (κ2) is 11.9. The fourth-order valence-electron chi connectivity index (χ4n) is 4.17. The molecule has 1 heterocycles. The highest BCUT2D eigenvalue weighted by molar-refractivity contribution is 5.90. The molecule has 1 aromatic carbocycles. The normalized spacial score (nSPS) is 22.0. The Balaban J connectivity index is 2.17. The van der Waals surface area contributed by atoms with Crippen LogP contribution >= 0.6 is 0 Å². The van der Waals surface area contributed by atoms with Gasteiger partial charge in [0.25, 0.3) is 0 Å². The van der Waals surface area contributed by atoms with Crippen molar-refractivity contribution < 1.29 is 29.3 Å². The Labute approximate surface area is 178 Å². The van der Waals surface area contributed by atoms with E-state index in [0.29, 0.717) is 43.5 Å². The Morgan fingerprint density at radius 3 is 2.70 bits per heavy atom. The van der Waals surface area contributed by atoms with Crippen LogP contribution in [0.2, 0.25) is 0 Å². The van der Waals surface area contributed by atoms with E-state index >= 15 is 0 Å². The van der Waals surface area contributed by atoms with Gasteiger partial charge in [-0.05, 0) is 56.4 Å². The van der Waals surface area contributed by atoms with Crippen molar-refractivity contribution in [3.63, 3.8) is 0 Å².